The van der Waals surface area contributed by atoms with Gasteiger partial charge in [0, 0.05) is 39.3 Å². The van der Waals surface area contributed by atoms with Crippen LogP contribution in [0.2, 0.25) is 0 Å². The molecule has 23 heavy (non-hydrogen) atoms. The molecule has 6 nitrogen and oxygen atoms in total. The van der Waals surface area contributed by atoms with Crippen molar-refractivity contribution >= 4 is 27.3 Å². The van der Waals surface area contributed by atoms with Crippen LogP contribution in [0, 0.1) is 0 Å². The van der Waals surface area contributed by atoms with Gasteiger partial charge in [-0.05, 0) is 31.2 Å². The summed E-state index contributed by atoms with van der Waals surface area (Å²) in [6.07, 6.45) is 2.18. The van der Waals surface area contributed by atoms with Crippen molar-refractivity contribution in [1.29, 1.82) is 0 Å². The first-order chi connectivity index (χ1) is 11.0. The van der Waals surface area contributed by atoms with Gasteiger partial charge in [0.05, 0.1) is 6.04 Å². The summed E-state index contributed by atoms with van der Waals surface area (Å²) in [5, 5.41) is 1.78. The van der Waals surface area contributed by atoms with Gasteiger partial charge in [-0.3, -0.25) is 9.69 Å². The second kappa shape index (κ2) is 6.88. The highest BCUT2D eigenvalue weighted by molar-refractivity contribution is 7.91. The number of carbonyl (C=O) groups excluding carboxylic acids is 1. The Labute approximate surface area is 141 Å². The molecule has 0 radical (unpaired) electrons. The molecule has 1 aromatic rings. The van der Waals surface area contributed by atoms with Crippen LogP contribution in [0.5, 0.6) is 0 Å². The molecule has 2 saturated heterocycles. The molecule has 1 unspecified atom stereocenters. The lowest BCUT2D eigenvalue weighted by Gasteiger charge is -2.37. The van der Waals surface area contributed by atoms with Gasteiger partial charge in [-0.1, -0.05) is 6.07 Å². The molecule has 0 bridgehead atoms. The molecule has 0 spiro atoms. The summed E-state index contributed by atoms with van der Waals surface area (Å²) in [5.74, 6) is 0.178. The van der Waals surface area contributed by atoms with Crippen molar-refractivity contribution in [2.24, 2.45) is 0 Å². The third-order valence-corrected chi connectivity index (χ3v) is 7.96. The smallest absolute Gasteiger partial charge is 0.252 e. The molecule has 0 N–H and O–H groups in total. The molecule has 2 aliphatic rings. The van der Waals surface area contributed by atoms with Gasteiger partial charge in [-0.15, -0.1) is 11.3 Å². The van der Waals surface area contributed by atoms with Crippen LogP contribution >= 0.6 is 11.3 Å². The van der Waals surface area contributed by atoms with Crippen LogP contribution in [0.25, 0.3) is 0 Å². The van der Waals surface area contributed by atoms with E-state index in [4.69, 9.17) is 0 Å². The Morgan fingerprint density at radius 3 is 2.35 bits per heavy atom. The third kappa shape index (κ3) is 3.45. The third-order valence-electron chi connectivity index (χ3n) is 4.69. The molecule has 1 atom stereocenters. The molecule has 3 heterocycles. The van der Waals surface area contributed by atoms with Gasteiger partial charge < -0.3 is 4.90 Å². The maximum atomic E-state index is 12.5. The molecular formula is C15H23N3O3S2. The van der Waals surface area contributed by atoms with Crippen LogP contribution in [0.1, 0.15) is 19.8 Å². The van der Waals surface area contributed by atoms with E-state index in [1.54, 1.807) is 17.5 Å². The van der Waals surface area contributed by atoms with Crippen LogP contribution in [-0.2, 0) is 14.8 Å². The largest absolute Gasteiger partial charge is 0.341 e. The first kappa shape index (κ1) is 16.9. The number of sulfonamides is 1. The highest BCUT2D eigenvalue weighted by Gasteiger charge is 2.33. The van der Waals surface area contributed by atoms with Gasteiger partial charge in [0.1, 0.15) is 4.21 Å². The second-order valence-electron chi connectivity index (χ2n) is 6.08. The normalized spacial score (nSPS) is 22.4. The fraction of sp³-hybridized carbons (Fsp3) is 0.667. The van der Waals surface area contributed by atoms with E-state index in [0.717, 1.165) is 25.9 Å². The summed E-state index contributed by atoms with van der Waals surface area (Å²) in [4.78, 5) is 16.5. The summed E-state index contributed by atoms with van der Waals surface area (Å²) in [7, 11) is -3.37. The number of carbonyl (C=O) groups is 1. The van der Waals surface area contributed by atoms with Crippen molar-refractivity contribution in [1.82, 2.24) is 14.1 Å². The zero-order chi connectivity index (χ0) is 16.4. The van der Waals surface area contributed by atoms with E-state index >= 15 is 0 Å². The van der Waals surface area contributed by atoms with Gasteiger partial charge in [0.25, 0.3) is 10.0 Å². The van der Waals surface area contributed by atoms with Crippen LogP contribution in [0.3, 0.4) is 0 Å². The van der Waals surface area contributed by atoms with E-state index < -0.39 is 10.0 Å². The molecule has 128 valence electrons. The Morgan fingerprint density at radius 1 is 1.13 bits per heavy atom. The van der Waals surface area contributed by atoms with Crippen LogP contribution in [0.15, 0.2) is 21.7 Å². The first-order valence-corrected chi connectivity index (χ1v) is 10.4. The minimum absolute atomic E-state index is 0.167. The average molecular weight is 358 g/mol. The molecular weight excluding hydrogens is 334 g/mol. The van der Waals surface area contributed by atoms with E-state index in [-0.39, 0.29) is 11.9 Å². The lowest BCUT2D eigenvalue weighted by atomic mass is 10.2. The minimum Gasteiger partial charge on any atom is -0.341 e. The number of piperazine rings is 1. The van der Waals surface area contributed by atoms with E-state index in [1.807, 2.05) is 11.8 Å². The summed E-state index contributed by atoms with van der Waals surface area (Å²) < 4.78 is 26.9. The maximum Gasteiger partial charge on any atom is 0.252 e. The zero-order valence-electron chi connectivity index (χ0n) is 13.3. The SMILES string of the molecule is CC(C(=O)N1CCCC1)N1CCN(S(=O)(=O)c2cccs2)CC1. The first-order valence-electron chi connectivity index (χ1n) is 8.06. The Bertz CT molecular complexity index is 631. The summed E-state index contributed by atoms with van der Waals surface area (Å²) in [5.41, 5.74) is 0. The van der Waals surface area contributed by atoms with Crippen LogP contribution < -0.4 is 0 Å². The Hall–Kier alpha value is -0.960. The highest BCUT2D eigenvalue weighted by Crippen LogP contribution is 2.23. The number of rotatable bonds is 4. The molecule has 0 saturated carbocycles. The number of hydrogen-bond donors (Lipinski definition) is 0. The molecule has 2 fully saturated rings. The standard InChI is InChI=1S/C15H23N3O3S2/c1-13(15(19)17-6-2-3-7-17)16-8-10-18(11-9-16)23(20,21)14-5-4-12-22-14/h4-5,12-13H,2-3,6-11H2,1H3. The topological polar surface area (TPSA) is 60.9 Å². The molecule has 1 aromatic heterocycles. The molecule has 8 heteroatoms. The number of nitrogens with zero attached hydrogens (tertiary/aromatic N) is 3. The molecule has 0 aliphatic carbocycles. The number of likely N-dealkylation sites (tertiary alicyclic amines) is 1. The number of amides is 1. The minimum atomic E-state index is -3.37. The summed E-state index contributed by atoms with van der Waals surface area (Å²) in [6, 6.07) is 3.23. The Kier molecular flexibility index (Phi) is 5.05. The lowest BCUT2D eigenvalue weighted by Crippen LogP contribution is -2.55. The van der Waals surface area contributed by atoms with Crippen LogP contribution in [0.4, 0.5) is 0 Å². The van der Waals surface area contributed by atoms with Crippen molar-refractivity contribution in [3.8, 4) is 0 Å². The molecule has 2 aliphatic heterocycles. The highest BCUT2D eigenvalue weighted by atomic mass is 32.2. The van der Waals surface area contributed by atoms with Crippen LogP contribution in [-0.4, -0.2) is 73.7 Å². The predicted octanol–water partition coefficient (Wildman–Crippen LogP) is 1.07. The van der Waals surface area contributed by atoms with Gasteiger partial charge >= 0.3 is 0 Å². The van der Waals surface area contributed by atoms with Gasteiger partial charge in [-0.25, -0.2) is 8.42 Å². The molecule has 3 rings (SSSR count). The fourth-order valence-corrected chi connectivity index (χ4v) is 5.79. The van der Waals surface area contributed by atoms with E-state index in [1.165, 1.54) is 15.6 Å². The van der Waals surface area contributed by atoms with Gasteiger partial charge in [-0.2, -0.15) is 4.31 Å². The van der Waals surface area contributed by atoms with Gasteiger partial charge in [0.2, 0.25) is 5.91 Å². The maximum absolute atomic E-state index is 12.5. The van der Waals surface area contributed by atoms with Crippen molar-refractivity contribution in [3.63, 3.8) is 0 Å². The molecule has 0 aromatic carbocycles. The monoisotopic (exact) mass is 357 g/mol. The van der Waals surface area contributed by atoms with Gasteiger partial charge in [0.15, 0.2) is 0 Å². The van der Waals surface area contributed by atoms with Crippen molar-refractivity contribution < 1.29 is 13.2 Å². The quantitative estimate of drug-likeness (QED) is 0.809. The lowest BCUT2D eigenvalue weighted by molar-refractivity contribution is -0.135. The molecule has 1 amide bonds. The van der Waals surface area contributed by atoms with E-state index in [0.29, 0.717) is 30.4 Å². The van der Waals surface area contributed by atoms with E-state index in [9.17, 15) is 13.2 Å². The fourth-order valence-electron chi connectivity index (χ4n) is 3.23. The van der Waals surface area contributed by atoms with E-state index in [2.05, 4.69) is 4.90 Å². The van der Waals surface area contributed by atoms with Crippen molar-refractivity contribution in [2.45, 2.75) is 30.0 Å². The summed E-state index contributed by atoms with van der Waals surface area (Å²) in [6.45, 7) is 5.74. The Morgan fingerprint density at radius 2 is 1.78 bits per heavy atom. The van der Waals surface area contributed by atoms with Crippen molar-refractivity contribution in [3.05, 3.63) is 17.5 Å². The number of thiophene rings is 1. The summed E-state index contributed by atoms with van der Waals surface area (Å²) >= 11 is 1.25. The zero-order valence-corrected chi connectivity index (χ0v) is 15.0. The van der Waals surface area contributed by atoms with Crippen molar-refractivity contribution in [2.75, 3.05) is 39.3 Å². The Balaban J connectivity index is 1.59. The average Bonchev–Trinajstić information content (AvgIpc) is 3.26. The second-order valence-corrected chi connectivity index (χ2v) is 9.19. The predicted molar refractivity (Wildman–Crippen MR) is 89.9 cm³/mol. The number of hydrogen-bond acceptors (Lipinski definition) is 5.